The number of piperidine rings is 1. The molecule has 1 saturated heterocycles. The molecule has 10 heteroatoms. The average Bonchev–Trinajstić information content (AvgIpc) is 2.93. The molecule has 1 amide bonds. The molecule has 1 aromatic rings. The monoisotopic (exact) mass is 608 g/mol. The summed E-state index contributed by atoms with van der Waals surface area (Å²) in [6, 6.07) is 4.35. The number of ether oxygens (including phenoxy) is 2. The summed E-state index contributed by atoms with van der Waals surface area (Å²) >= 11 is 0. The highest BCUT2D eigenvalue weighted by atomic mass is 19.1. The second-order valence-corrected chi connectivity index (χ2v) is 11.9. The molecule has 44 heavy (non-hydrogen) atoms. The first-order valence-corrected chi connectivity index (χ1v) is 14.9. The number of anilines is 1. The number of amides is 1. The van der Waals surface area contributed by atoms with Gasteiger partial charge in [-0.2, -0.15) is 0 Å². The van der Waals surface area contributed by atoms with Gasteiger partial charge >= 0.3 is 12.1 Å². The number of carbonyl (C=O) groups excluding carboxylic acids is 1. The van der Waals surface area contributed by atoms with Crippen LogP contribution < -0.4 is 5.32 Å². The molecule has 2 N–H and O–H groups in total. The van der Waals surface area contributed by atoms with E-state index >= 15 is 0 Å². The smallest absolute Gasteiger partial charge is 0.415 e. The molecule has 0 saturated carbocycles. The van der Waals surface area contributed by atoms with Crippen molar-refractivity contribution in [1.82, 2.24) is 9.80 Å². The summed E-state index contributed by atoms with van der Waals surface area (Å²) in [4.78, 5) is 32.5. The number of hydrogen-bond donors (Lipinski definition) is 2. The van der Waals surface area contributed by atoms with Crippen LogP contribution in [0.1, 0.15) is 66.9 Å². The summed E-state index contributed by atoms with van der Waals surface area (Å²) < 4.78 is 25.9. The summed E-state index contributed by atoms with van der Waals surface area (Å²) in [7, 11) is 0. The Morgan fingerprint density at radius 3 is 2.59 bits per heavy atom. The number of aliphatic imine (C=N–C) groups is 1. The predicted octanol–water partition coefficient (Wildman–Crippen LogP) is 7.17. The highest BCUT2D eigenvalue weighted by Crippen LogP contribution is 2.32. The molecule has 1 aromatic carbocycles. The molecule has 0 aliphatic carbocycles. The number of benzene rings is 1. The molecule has 0 atom stereocenters. The van der Waals surface area contributed by atoms with Gasteiger partial charge in [0.2, 0.25) is 0 Å². The number of carboxylic acid groups (broad SMARTS) is 1. The van der Waals surface area contributed by atoms with E-state index in [-0.39, 0.29) is 12.0 Å². The second-order valence-electron chi connectivity index (χ2n) is 11.9. The minimum atomic E-state index is -1.09. The number of halogens is 1. The number of nitrogens with one attached hydrogen (secondary N) is 1. The minimum Gasteiger partial charge on any atom is -0.494 e. The van der Waals surface area contributed by atoms with E-state index in [0.717, 1.165) is 28.8 Å². The lowest BCUT2D eigenvalue weighted by Gasteiger charge is -2.37. The van der Waals surface area contributed by atoms with E-state index in [4.69, 9.17) is 14.6 Å². The van der Waals surface area contributed by atoms with E-state index < -0.39 is 23.5 Å². The number of carboxylic acids is 1. The van der Waals surface area contributed by atoms with Gasteiger partial charge in [-0.15, -0.1) is 0 Å². The summed E-state index contributed by atoms with van der Waals surface area (Å²) in [5.74, 6) is -0.438. The van der Waals surface area contributed by atoms with Crippen LogP contribution in [0.25, 0.3) is 0 Å². The van der Waals surface area contributed by atoms with Crippen molar-refractivity contribution in [1.29, 1.82) is 0 Å². The van der Waals surface area contributed by atoms with Crippen LogP contribution in [0.2, 0.25) is 0 Å². The van der Waals surface area contributed by atoms with E-state index in [1.54, 1.807) is 24.1 Å². The van der Waals surface area contributed by atoms with E-state index in [9.17, 15) is 14.0 Å². The SMILES string of the molecule is C=C1CN(C(/C=C/CC)=C(\C)C2=C(C)OCCN2C(=O)OC(C)(C)C)CC/C1=C/N=C(C)Nc1ccc(CC(=O)O)c(F)c1. The number of aliphatic carboxylic acids is 1. The Labute approximate surface area is 260 Å². The largest absolute Gasteiger partial charge is 0.494 e. The molecule has 9 nitrogen and oxygen atoms in total. The van der Waals surface area contributed by atoms with Gasteiger partial charge < -0.3 is 24.8 Å². The molecule has 0 aromatic heterocycles. The maximum atomic E-state index is 14.3. The van der Waals surface area contributed by atoms with Gasteiger partial charge in [-0.1, -0.05) is 25.6 Å². The van der Waals surface area contributed by atoms with Crippen molar-refractivity contribution >= 4 is 23.6 Å². The van der Waals surface area contributed by atoms with Crippen LogP contribution in [0, 0.1) is 5.82 Å². The molecule has 0 spiro atoms. The first kappa shape index (κ1) is 34.2. The van der Waals surface area contributed by atoms with Crippen LogP contribution in [0.3, 0.4) is 0 Å². The zero-order valence-electron chi connectivity index (χ0n) is 26.9. The number of likely N-dealkylation sites (tertiary alicyclic amines) is 1. The molecule has 2 aliphatic rings. The number of carbonyl (C=O) groups is 2. The Morgan fingerprint density at radius 1 is 1.25 bits per heavy atom. The lowest BCUT2D eigenvalue weighted by molar-refractivity contribution is -0.136. The van der Waals surface area contributed by atoms with Crippen LogP contribution in [-0.2, 0) is 20.7 Å². The number of hydrogen-bond acceptors (Lipinski definition) is 6. The van der Waals surface area contributed by atoms with Gasteiger partial charge in [0.05, 0.1) is 18.7 Å². The molecule has 3 rings (SSSR count). The van der Waals surface area contributed by atoms with Gasteiger partial charge in [0.1, 0.15) is 29.6 Å². The number of amidine groups is 1. The number of allylic oxidation sites excluding steroid dienone is 4. The van der Waals surface area contributed by atoms with Crippen molar-refractivity contribution < 1.29 is 28.6 Å². The molecule has 0 bridgehead atoms. The van der Waals surface area contributed by atoms with Crippen LogP contribution in [0.15, 0.2) is 82.0 Å². The molecular formula is C34H45FN4O5. The van der Waals surface area contributed by atoms with Crippen molar-refractivity contribution in [3.05, 3.63) is 88.4 Å². The molecule has 2 aliphatic heterocycles. The molecule has 0 radical (unpaired) electrons. The Morgan fingerprint density at radius 2 is 1.98 bits per heavy atom. The Bertz CT molecular complexity index is 1430. The summed E-state index contributed by atoms with van der Waals surface area (Å²) in [6.07, 6.45) is 6.75. The second kappa shape index (κ2) is 14.9. The maximum absolute atomic E-state index is 14.3. The standard InChI is InChI=1S/C34H45FN4O5/c1-9-10-11-30(23(3)32-24(4)43-17-16-39(32)33(42)44-34(6,7)8)38-15-14-27(22(2)21-38)20-36-25(5)37-28-13-12-26(18-31(40)41)29(35)19-28/h10-13,19-20H,2,9,14-18,21H2,1,3-8H3,(H,36,37)(H,40,41)/b11-10+,27-20-,30-23+. The third-order valence-electron chi connectivity index (χ3n) is 7.06. The molecule has 2 heterocycles. The summed E-state index contributed by atoms with van der Waals surface area (Å²) in [5, 5.41) is 12.0. The maximum Gasteiger partial charge on any atom is 0.415 e. The van der Waals surface area contributed by atoms with Crippen LogP contribution in [-0.4, -0.2) is 64.6 Å². The zero-order valence-corrected chi connectivity index (χ0v) is 26.9. The number of nitrogens with zero attached hydrogens (tertiary/aromatic N) is 3. The van der Waals surface area contributed by atoms with Crippen molar-refractivity contribution in [2.75, 3.05) is 31.6 Å². The predicted molar refractivity (Wildman–Crippen MR) is 172 cm³/mol. The fourth-order valence-electron chi connectivity index (χ4n) is 5.00. The minimum absolute atomic E-state index is 0.125. The quantitative estimate of drug-likeness (QED) is 0.183. The van der Waals surface area contributed by atoms with E-state index in [1.807, 2.05) is 34.6 Å². The highest BCUT2D eigenvalue weighted by molar-refractivity contribution is 5.94. The molecule has 1 fully saturated rings. The van der Waals surface area contributed by atoms with Gasteiger partial charge in [0.15, 0.2) is 0 Å². The van der Waals surface area contributed by atoms with Gasteiger partial charge in [0.25, 0.3) is 0 Å². The van der Waals surface area contributed by atoms with Crippen molar-refractivity contribution in [3.8, 4) is 0 Å². The van der Waals surface area contributed by atoms with Crippen LogP contribution in [0.4, 0.5) is 14.9 Å². The topological polar surface area (TPSA) is 104 Å². The van der Waals surface area contributed by atoms with Gasteiger partial charge in [0, 0.05) is 30.7 Å². The third kappa shape index (κ3) is 9.33. The molecule has 238 valence electrons. The first-order chi connectivity index (χ1) is 20.7. The first-order valence-electron chi connectivity index (χ1n) is 14.9. The highest BCUT2D eigenvalue weighted by Gasteiger charge is 2.32. The van der Waals surface area contributed by atoms with Crippen molar-refractivity contribution in [2.45, 2.75) is 73.3 Å². The lowest BCUT2D eigenvalue weighted by atomic mass is 9.98. The molecular weight excluding hydrogens is 563 g/mol. The number of rotatable bonds is 8. The lowest BCUT2D eigenvalue weighted by Crippen LogP contribution is -2.42. The van der Waals surface area contributed by atoms with Crippen LogP contribution in [0.5, 0.6) is 0 Å². The fourth-order valence-corrected chi connectivity index (χ4v) is 5.00. The Kier molecular flexibility index (Phi) is 11.6. The van der Waals surface area contributed by atoms with Crippen molar-refractivity contribution in [2.24, 2.45) is 4.99 Å². The Hall–Kier alpha value is -4.34. The van der Waals surface area contributed by atoms with Crippen molar-refractivity contribution in [3.63, 3.8) is 0 Å². The summed E-state index contributed by atoms with van der Waals surface area (Å²) in [6.45, 7) is 19.7. The van der Waals surface area contributed by atoms with E-state index in [2.05, 4.69) is 40.9 Å². The summed E-state index contributed by atoms with van der Waals surface area (Å²) in [5.41, 5.74) is 4.52. The molecule has 0 unspecified atom stereocenters. The fraction of sp³-hybridized carbons (Fsp3) is 0.441. The van der Waals surface area contributed by atoms with Gasteiger partial charge in [-0.25, -0.2) is 14.2 Å². The van der Waals surface area contributed by atoms with Gasteiger partial charge in [-0.3, -0.25) is 9.69 Å². The zero-order chi connectivity index (χ0) is 32.6. The third-order valence-corrected chi connectivity index (χ3v) is 7.06. The normalized spacial score (nSPS) is 18.0. The van der Waals surface area contributed by atoms with E-state index in [0.29, 0.717) is 55.6 Å². The van der Waals surface area contributed by atoms with Crippen LogP contribution >= 0.6 is 0 Å². The van der Waals surface area contributed by atoms with Gasteiger partial charge in [-0.05, 0) is 94.9 Å². The Balaban J connectivity index is 1.80. The van der Waals surface area contributed by atoms with E-state index in [1.165, 1.54) is 12.1 Å². The average molecular weight is 609 g/mol.